The van der Waals surface area contributed by atoms with Gasteiger partial charge in [0.2, 0.25) is 0 Å². The molecule has 3 nitrogen and oxygen atoms in total. The van der Waals surface area contributed by atoms with Gasteiger partial charge in [-0.15, -0.1) is 0 Å². The number of ether oxygens (including phenoxy) is 2. The molecule has 0 aromatic heterocycles. The number of unbranched alkanes of at least 4 members (excludes halogenated alkanes) is 2. The molecule has 27 heavy (non-hydrogen) atoms. The van der Waals surface area contributed by atoms with Crippen molar-refractivity contribution in [1.29, 1.82) is 0 Å². The Morgan fingerprint density at radius 2 is 2.00 bits per heavy atom. The molecule has 0 bridgehead atoms. The maximum absolute atomic E-state index is 14.7. The summed E-state index contributed by atoms with van der Waals surface area (Å²) in [6.07, 6.45) is 8.57. The maximum Gasteiger partial charge on any atom is 0.165 e. The Labute approximate surface area is 164 Å². The first-order chi connectivity index (χ1) is 13.1. The van der Waals surface area contributed by atoms with Crippen LogP contribution in [0.4, 0.5) is 4.39 Å². The molecule has 1 fully saturated rings. The molecule has 2 atom stereocenters. The minimum atomic E-state index is -1.07. The second-order valence-electron chi connectivity index (χ2n) is 7.99. The minimum absolute atomic E-state index is 0.0880. The molecule has 0 amide bonds. The third kappa shape index (κ3) is 6.18. The van der Waals surface area contributed by atoms with Gasteiger partial charge < -0.3 is 14.6 Å². The lowest BCUT2D eigenvalue weighted by molar-refractivity contribution is -0.0432. The molecule has 1 aromatic rings. The van der Waals surface area contributed by atoms with Gasteiger partial charge in [-0.05, 0) is 56.4 Å². The summed E-state index contributed by atoms with van der Waals surface area (Å²) in [5, 5.41) is 11.9. The van der Waals surface area contributed by atoms with Gasteiger partial charge in [0.15, 0.2) is 11.6 Å². The Morgan fingerprint density at radius 1 is 1.22 bits per heavy atom. The Hall–Kier alpha value is -1.13. The number of rotatable bonds is 14. The zero-order valence-electron chi connectivity index (χ0n) is 17.3. The summed E-state index contributed by atoms with van der Waals surface area (Å²) >= 11 is 0. The molecule has 1 N–H and O–H groups in total. The van der Waals surface area contributed by atoms with Gasteiger partial charge in [-0.1, -0.05) is 45.2 Å². The first-order valence-electron chi connectivity index (χ1n) is 10.7. The summed E-state index contributed by atoms with van der Waals surface area (Å²) in [6, 6.07) is 4.99. The SMILES string of the molecule is CCCC[C@H](CC)[C@@](O)(CCCCOC)c1cccc(F)c1OCC1CC1. The number of aliphatic hydroxyl groups is 1. The standard InChI is InChI=1S/C23H37FO3/c1-4-6-10-19(5-2)23(25,15-7-8-16-26-3)20-11-9-12-21(24)22(20)27-17-18-13-14-18/h9,11-12,18-19,25H,4-8,10,13-17H2,1-3H3/t19-,23-/m0/s1. The zero-order chi connectivity index (χ0) is 19.7. The Morgan fingerprint density at radius 3 is 2.63 bits per heavy atom. The molecule has 0 spiro atoms. The van der Waals surface area contributed by atoms with Gasteiger partial charge >= 0.3 is 0 Å². The Balaban J connectivity index is 2.30. The van der Waals surface area contributed by atoms with Crippen LogP contribution in [0, 0.1) is 17.7 Å². The van der Waals surface area contributed by atoms with E-state index in [0.29, 0.717) is 31.1 Å². The van der Waals surface area contributed by atoms with Crippen LogP contribution in [-0.2, 0) is 10.3 Å². The van der Waals surface area contributed by atoms with Gasteiger partial charge in [0.25, 0.3) is 0 Å². The highest BCUT2D eigenvalue weighted by Gasteiger charge is 2.40. The van der Waals surface area contributed by atoms with E-state index < -0.39 is 5.60 Å². The van der Waals surface area contributed by atoms with Crippen molar-refractivity contribution in [3.63, 3.8) is 0 Å². The Bertz CT molecular complexity index is 559. The van der Waals surface area contributed by atoms with Crippen molar-refractivity contribution in [2.75, 3.05) is 20.3 Å². The number of hydrogen-bond donors (Lipinski definition) is 1. The van der Waals surface area contributed by atoms with Crippen molar-refractivity contribution >= 4 is 0 Å². The highest BCUT2D eigenvalue weighted by molar-refractivity contribution is 5.40. The lowest BCUT2D eigenvalue weighted by Gasteiger charge is -2.38. The first kappa shape index (κ1) is 22.2. The predicted octanol–water partition coefficient (Wildman–Crippen LogP) is 5.84. The van der Waals surface area contributed by atoms with E-state index >= 15 is 0 Å². The number of para-hydroxylation sites is 1. The predicted molar refractivity (Wildman–Crippen MR) is 108 cm³/mol. The van der Waals surface area contributed by atoms with Crippen LogP contribution in [0.25, 0.3) is 0 Å². The topological polar surface area (TPSA) is 38.7 Å². The first-order valence-corrected chi connectivity index (χ1v) is 10.7. The number of methoxy groups -OCH3 is 1. The number of halogens is 1. The molecule has 4 heteroatoms. The molecule has 0 unspecified atom stereocenters. The van der Waals surface area contributed by atoms with Gasteiger partial charge in [0.1, 0.15) is 0 Å². The van der Waals surface area contributed by atoms with E-state index in [9.17, 15) is 9.50 Å². The monoisotopic (exact) mass is 380 g/mol. The van der Waals surface area contributed by atoms with E-state index in [4.69, 9.17) is 9.47 Å². The van der Waals surface area contributed by atoms with Crippen LogP contribution in [0.2, 0.25) is 0 Å². The molecular weight excluding hydrogens is 343 g/mol. The normalized spacial score (nSPS) is 17.5. The maximum atomic E-state index is 14.7. The highest BCUT2D eigenvalue weighted by Crippen LogP contribution is 2.44. The highest BCUT2D eigenvalue weighted by atomic mass is 19.1. The average Bonchev–Trinajstić information content (AvgIpc) is 3.49. The van der Waals surface area contributed by atoms with Crippen molar-refractivity contribution in [2.24, 2.45) is 11.8 Å². The molecule has 1 aliphatic rings. The van der Waals surface area contributed by atoms with E-state index in [0.717, 1.165) is 51.4 Å². The third-order valence-corrected chi connectivity index (χ3v) is 5.82. The Kier molecular flexibility index (Phi) is 9.04. The lowest BCUT2D eigenvalue weighted by atomic mass is 9.74. The summed E-state index contributed by atoms with van der Waals surface area (Å²) < 4.78 is 25.7. The molecule has 1 saturated carbocycles. The van der Waals surface area contributed by atoms with Crippen LogP contribution >= 0.6 is 0 Å². The van der Waals surface area contributed by atoms with E-state index in [1.165, 1.54) is 6.07 Å². The lowest BCUT2D eigenvalue weighted by Crippen LogP contribution is -2.36. The molecule has 0 aliphatic heterocycles. The summed E-state index contributed by atoms with van der Waals surface area (Å²) in [5.74, 6) is 0.516. The van der Waals surface area contributed by atoms with Crippen molar-refractivity contribution < 1.29 is 19.0 Å². The molecule has 0 radical (unpaired) electrons. The van der Waals surface area contributed by atoms with Crippen LogP contribution in [0.3, 0.4) is 0 Å². The van der Waals surface area contributed by atoms with Crippen LogP contribution in [0.15, 0.2) is 18.2 Å². The fourth-order valence-electron chi connectivity index (χ4n) is 3.91. The third-order valence-electron chi connectivity index (χ3n) is 5.82. The molecule has 0 heterocycles. The molecule has 1 aromatic carbocycles. The largest absolute Gasteiger partial charge is 0.490 e. The average molecular weight is 381 g/mol. The minimum Gasteiger partial charge on any atom is -0.490 e. The van der Waals surface area contributed by atoms with Crippen molar-refractivity contribution in [3.8, 4) is 5.75 Å². The second kappa shape index (κ2) is 11.0. The van der Waals surface area contributed by atoms with E-state index in [2.05, 4.69) is 13.8 Å². The van der Waals surface area contributed by atoms with Crippen LogP contribution < -0.4 is 4.74 Å². The fraction of sp³-hybridized carbons (Fsp3) is 0.739. The van der Waals surface area contributed by atoms with E-state index in [-0.39, 0.29) is 17.5 Å². The number of benzene rings is 1. The summed E-state index contributed by atoms with van der Waals surface area (Å²) in [7, 11) is 1.69. The summed E-state index contributed by atoms with van der Waals surface area (Å²) in [4.78, 5) is 0. The van der Waals surface area contributed by atoms with Crippen LogP contribution in [0.1, 0.15) is 77.2 Å². The van der Waals surface area contributed by atoms with E-state index in [1.807, 2.05) is 6.07 Å². The quantitative estimate of drug-likeness (QED) is 0.412. The zero-order valence-corrected chi connectivity index (χ0v) is 17.3. The fourth-order valence-corrected chi connectivity index (χ4v) is 3.91. The van der Waals surface area contributed by atoms with Gasteiger partial charge in [-0.25, -0.2) is 4.39 Å². The molecule has 1 aliphatic carbocycles. The van der Waals surface area contributed by atoms with Gasteiger partial charge in [0.05, 0.1) is 12.2 Å². The van der Waals surface area contributed by atoms with Crippen molar-refractivity contribution in [3.05, 3.63) is 29.6 Å². The van der Waals surface area contributed by atoms with E-state index in [1.54, 1.807) is 13.2 Å². The molecule has 154 valence electrons. The molecular formula is C23H37FO3. The molecule has 2 rings (SSSR count). The van der Waals surface area contributed by atoms with Gasteiger partial charge in [0, 0.05) is 19.3 Å². The van der Waals surface area contributed by atoms with Crippen LogP contribution in [0.5, 0.6) is 5.75 Å². The van der Waals surface area contributed by atoms with Crippen molar-refractivity contribution in [1.82, 2.24) is 0 Å². The number of hydrogen-bond acceptors (Lipinski definition) is 3. The summed E-state index contributed by atoms with van der Waals surface area (Å²) in [6.45, 7) is 5.50. The van der Waals surface area contributed by atoms with Crippen LogP contribution in [-0.4, -0.2) is 25.4 Å². The molecule has 0 saturated heterocycles. The van der Waals surface area contributed by atoms with Gasteiger partial charge in [-0.3, -0.25) is 0 Å². The van der Waals surface area contributed by atoms with Crippen molar-refractivity contribution in [2.45, 2.75) is 77.2 Å². The van der Waals surface area contributed by atoms with Gasteiger partial charge in [-0.2, -0.15) is 0 Å². The summed E-state index contributed by atoms with van der Waals surface area (Å²) in [5.41, 5.74) is -0.443. The second-order valence-corrected chi connectivity index (χ2v) is 7.99. The smallest absolute Gasteiger partial charge is 0.165 e.